The van der Waals surface area contributed by atoms with Gasteiger partial charge in [0.15, 0.2) is 12.9 Å². The molecule has 1 N–H and O–H groups in total. The first-order valence-electron chi connectivity index (χ1n) is 24.0. The van der Waals surface area contributed by atoms with Gasteiger partial charge in [-0.25, -0.2) is 4.98 Å². The molecule has 0 atom stereocenters. The van der Waals surface area contributed by atoms with Crippen LogP contribution in [0.3, 0.4) is 0 Å². The van der Waals surface area contributed by atoms with Crippen LogP contribution in [-0.4, -0.2) is 21.4 Å². The Morgan fingerprint density at radius 1 is 0.574 bits per heavy atom. The molecule has 6 heteroatoms. The van der Waals surface area contributed by atoms with Crippen molar-refractivity contribution in [2.45, 2.75) is 58.3 Å². The standard InChI is InChI=1S/C62H48BN4O/c1-36-23-26-39(27-24-36)64-48-33-46-45(61(2,3)29-30-62(46,4)5)31-43(48)44-32-54(66-50-21-13-11-19-41(50)42-20-12-14-22-51(42)66)57-56-40-18-10-9-15-37(40)25-28-52(56)67-53-35-49-55(34-47(53)63-58(44)59(57)67)68-60(65-49)38-16-7-6-8-17-38/h6-28,31-35,64H,29-30H2,1-5H3. The quantitative estimate of drug-likeness (QED) is 0.175. The maximum Gasteiger partial charge on any atom is 0.227 e. The SMILES string of the molecule is Cc1ccc(Nc2cc3c(cc2-c2cc(-n4c5ccccc5c5ccccc54)c4c5c6ccccc6ccc5n5c4c2[B]c2cc4oc(-c6ccccc6)nc4cc2-5)C(C)(C)CCC3(C)C)cc1. The Morgan fingerprint density at radius 2 is 1.24 bits per heavy atom. The third-order valence-electron chi connectivity index (χ3n) is 15.5. The number of fused-ring (bicyclic) bond motifs is 12. The molecule has 1 radical (unpaired) electrons. The topological polar surface area (TPSA) is 47.9 Å². The van der Waals surface area contributed by atoms with E-state index in [-0.39, 0.29) is 10.8 Å². The molecule has 3 aromatic heterocycles. The lowest BCUT2D eigenvalue weighted by molar-refractivity contribution is 0.332. The van der Waals surface area contributed by atoms with Crippen molar-refractivity contribution in [1.82, 2.24) is 14.1 Å². The van der Waals surface area contributed by atoms with Crippen LogP contribution < -0.4 is 16.2 Å². The summed E-state index contributed by atoms with van der Waals surface area (Å²) in [7, 11) is 2.43. The molecule has 12 aromatic rings. The summed E-state index contributed by atoms with van der Waals surface area (Å²) in [6.07, 6.45) is 2.25. The number of nitrogens with one attached hydrogen (secondary N) is 1. The van der Waals surface area contributed by atoms with Gasteiger partial charge in [-0.05, 0) is 136 Å². The summed E-state index contributed by atoms with van der Waals surface area (Å²) in [5, 5.41) is 11.4. The molecule has 1 aliphatic heterocycles. The fourth-order valence-electron chi connectivity index (χ4n) is 11.8. The van der Waals surface area contributed by atoms with Crippen LogP contribution in [0.15, 0.2) is 174 Å². The third-order valence-corrected chi connectivity index (χ3v) is 15.5. The Morgan fingerprint density at radius 3 is 1.97 bits per heavy atom. The number of aryl methyl sites for hydroxylation is 1. The number of anilines is 2. The van der Waals surface area contributed by atoms with Crippen LogP contribution >= 0.6 is 0 Å². The molecule has 0 saturated heterocycles. The minimum Gasteiger partial charge on any atom is -0.436 e. The number of hydrogen-bond acceptors (Lipinski definition) is 3. The van der Waals surface area contributed by atoms with E-state index in [0.717, 1.165) is 63.2 Å². The van der Waals surface area contributed by atoms with E-state index in [9.17, 15) is 0 Å². The molecule has 0 fully saturated rings. The summed E-state index contributed by atoms with van der Waals surface area (Å²) in [5.74, 6) is 0.620. The Kier molecular flexibility index (Phi) is 8.16. The van der Waals surface area contributed by atoms with Gasteiger partial charge in [0.05, 0.1) is 27.8 Å². The zero-order chi connectivity index (χ0) is 45.6. The number of rotatable bonds is 5. The second-order valence-corrected chi connectivity index (χ2v) is 20.6. The Labute approximate surface area is 395 Å². The van der Waals surface area contributed by atoms with E-state index in [0.29, 0.717) is 5.89 Å². The molecule has 0 bridgehead atoms. The van der Waals surface area contributed by atoms with Gasteiger partial charge in [0, 0.05) is 49.7 Å². The van der Waals surface area contributed by atoms with Crippen molar-refractivity contribution in [3.63, 3.8) is 0 Å². The van der Waals surface area contributed by atoms with Crippen molar-refractivity contribution < 1.29 is 4.42 Å². The van der Waals surface area contributed by atoms with Gasteiger partial charge in [0.2, 0.25) is 5.89 Å². The van der Waals surface area contributed by atoms with Crippen molar-refractivity contribution in [2.24, 2.45) is 0 Å². The molecule has 0 spiro atoms. The van der Waals surface area contributed by atoms with Crippen molar-refractivity contribution in [3.8, 4) is 34.0 Å². The molecule has 1 aliphatic carbocycles. The monoisotopic (exact) mass is 875 g/mol. The smallest absolute Gasteiger partial charge is 0.227 e. The number of nitrogens with zero attached hydrogens (tertiary/aromatic N) is 3. The van der Waals surface area contributed by atoms with E-state index in [1.54, 1.807) is 0 Å². The second kappa shape index (κ2) is 14.1. The molecule has 5 nitrogen and oxygen atoms in total. The van der Waals surface area contributed by atoms with Gasteiger partial charge in [0.25, 0.3) is 0 Å². The molecule has 9 aromatic carbocycles. The second-order valence-electron chi connectivity index (χ2n) is 20.6. The molecule has 0 saturated carbocycles. The van der Waals surface area contributed by atoms with Crippen LogP contribution in [0.4, 0.5) is 11.4 Å². The minimum absolute atomic E-state index is 0.0129. The van der Waals surface area contributed by atoms with E-state index in [1.165, 1.54) is 82.1 Å². The predicted molar refractivity (Wildman–Crippen MR) is 286 cm³/mol. The summed E-state index contributed by atoms with van der Waals surface area (Å²) >= 11 is 0. The number of hydrogen-bond donors (Lipinski definition) is 1. The van der Waals surface area contributed by atoms with Crippen LogP contribution in [0, 0.1) is 6.92 Å². The molecule has 14 rings (SSSR count). The highest BCUT2D eigenvalue weighted by molar-refractivity contribution is 6.74. The van der Waals surface area contributed by atoms with E-state index in [2.05, 4.69) is 208 Å². The van der Waals surface area contributed by atoms with Gasteiger partial charge in [0.1, 0.15) is 5.52 Å². The molecule has 68 heavy (non-hydrogen) atoms. The Balaban J connectivity index is 1.17. The lowest BCUT2D eigenvalue weighted by atomic mass is 9.58. The van der Waals surface area contributed by atoms with E-state index < -0.39 is 0 Å². The van der Waals surface area contributed by atoms with Gasteiger partial charge >= 0.3 is 0 Å². The highest BCUT2D eigenvalue weighted by Gasteiger charge is 2.39. The maximum atomic E-state index is 6.62. The summed E-state index contributed by atoms with van der Waals surface area (Å²) in [5.41, 5.74) is 20.4. The average Bonchev–Trinajstić information content (AvgIpc) is 4.05. The molecule has 4 heterocycles. The number of para-hydroxylation sites is 2. The normalized spacial score (nSPS) is 14.8. The summed E-state index contributed by atoms with van der Waals surface area (Å²) < 4.78 is 11.7. The fourth-order valence-corrected chi connectivity index (χ4v) is 11.8. The molecular formula is C62H48BN4O. The van der Waals surface area contributed by atoms with Gasteiger partial charge in [-0.3, -0.25) is 0 Å². The average molecular weight is 876 g/mol. The van der Waals surface area contributed by atoms with Crippen molar-refractivity contribution in [3.05, 3.63) is 187 Å². The van der Waals surface area contributed by atoms with Crippen LogP contribution in [0.5, 0.6) is 0 Å². The lowest BCUT2D eigenvalue weighted by Gasteiger charge is -2.42. The third kappa shape index (κ3) is 5.67. The first-order valence-corrected chi connectivity index (χ1v) is 24.0. The Bertz CT molecular complexity index is 4040. The highest BCUT2D eigenvalue weighted by atomic mass is 16.3. The van der Waals surface area contributed by atoms with Gasteiger partial charge in [-0.2, -0.15) is 0 Å². The van der Waals surface area contributed by atoms with E-state index >= 15 is 0 Å². The maximum absolute atomic E-state index is 6.62. The minimum atomic E-state index is -0.0164. The lowest BCUT2D eigenvalue weighted by Crippen LogP contribution is -2.38. The highest BCUT2D eigenvalue weighted by Crippen LogP contribution is 2.51. The van der Waals surface area contributed by atoms with Crippen LogP contribution in [-0.2, 0) is 10.8 Å². The zero-order valence-corrected chi connectivity index (χ0v) is 38.9. The number of aromatic nitrogens is 3. The largest absolute Gasteiger partial charge is 0.436 e. The molecule has 2 aliphatic rings. The number of oxazole rings is 1. The van der Waals surface area contributed by atoms with Crippen LogP contribution in [0.1, 0.15) is 57.2 Å². The van der Waals surface area contributed by atoms with Crippen molar-refractivity contribution in [2.75, 3.05) is 5.32 Å². The van der Waals surface area contributed by atoms with Gasteiger partial charge in [-0.1, -0.05) is 136 Å². The Hall–Kier alpha value is -7.83. The predicted octanol–water partition coefficient (Wildman–Crippen LogP) is 14.9. The summed E-state index contributed by atoms with van der Waals surface area (Å²) in [6.45, 7) is 11.9. The van der Waals surface area contributed by atoms with E-state index in [1.807, 2.05) is 18.2 Å². The summed E-state index contributed by atoms with van der Waals surface area (Å²) in [6, 6.07) is 62.4. The van der Waals surface area contributed by atoms with Gasteiger partial charge < -0.3 is 18.9 Å². The molecular weight excluding hydrogens is 828 g/mol. The van der Waals surface area contributed by atoms with Crippen molar-refractivity contribution >= 4 is 95.1 Å². The van der Waals surface area contributed by atoms with Crippen LogP contribution in [0.25, 0.3) is 99.4 Å². The zero-order valence-electron chi connectivity index (χ0n) is 38.9. The van der Waals surface area contributed by atoms with Gasteiger partial charge in [-0.15, -0.1) is 0 Å². The molecule has 325 valence electrons. The number of benzene rings is 9. The van der Waals surface area contributed by atoms with Crippen molar-refractivity contribution in [1.29, 1.82) is 0 Å². The molecule has 0 unspecified atom stereocenters. The molecule has 0 amide bonds. The van der Waals surface area contributed by atoms with Crippen LogP contribution in [0.2, 0.25) is 0 Å². The first-order chi connectivity index (χ1) is 33.1. The first kappa shape index (κ1) is 39.4. The van der Waals surface area contributed by atoms with E-state index in [4.69, 9.17) is 9.40 Å². The summed E-state index contributed by atoms with van der Waals surface area (Å²) in [4.78, 5) is 5.13. The fraction of sp³-hybridized carbons (Fsp3) is 0.145.